The van der Waals surface area contributed by atoms with E-state index in [9.17, 15) is 9.90 Å². The number of thioether (sulfide) groups is 1. The minimum Gasteiger partial charge on any atom is -0.480 e. The number of carboxylic acid groups (broad SMARTS) is 1. The van der Waals surface area contributed by atoms with Crippen molar-refractivity contribution in [1.29, 1.82) is 0 Å². The van der Waals surface area contributed by atoms with E-state index in [2.05, 4.69) is 0 Å². The first-order chi connectivity index (χ1) is 6.02. The van der Waals surface area contributed by atoms with Gasteiger partial charge < -0.3 is 10.2 Å². The summed E-state index contributed by atoms with van der Waals surface area (Å²) in [5.41, 5.74) is 0. The summed E-state index contributed by atoms with van der Waals surface area (Å²) >= 11 is 1.38. The molecule has 0 aliphatic heterocycles. The molecule has 1 aliphatic rings. The standard InChI is InChI=1S/C9H16O3S/c1-5(10)6(2)13-8(9(11)12)7-3-4-7/h5-8,10H,3-4H2,1-2H3,(H,11,12). The predicted octanol–water partition coefficient (Wildman–Crippen LogP) is 1.35. The number of aliphatic hydroxyl groups is 1. The van der Waals surface area contributed by atoms with E-state index in [1.165, 1.54) is 11.8 Å². The van der Waals surface area contributed by atoms with E-state index in [0.717, 1.165) is 12.8 Å². The van der Waals surface area contributed by atoms with E-state index in [-0.39, 0.29) is 10.5 Å². The van der Waals surface area contributed by atoms with Gasteiger partial charge in [-0.25, -0.2) is 0 Å². The van der Waals surface area contributed by atoms with Gasteiger partial charge in [-0.3, -0.25) is 4.79 Å². The number of carbonyl (C=O) groups is 1. The fraction of sp³-hybridized carbons (Fsp3) is 0.889. The fourth-order valence-electron chi connectivity index (χ4n) is 1.11. The third kappa shape index (κ3) is 3.19. The molecular weight excluding hydrogens is 188 g/mol. The quantitative estimate of drug-likeness (QED) is 0.709. The van der Waals surface area contributed by atoms with Gasteiger partial charge in [-0.2, -0.15) is 0 Å². The van der Waals surface area contributed by atoms with Crippen LogP contribution in [0.3, 0.4) is 0 Å². The predicted molar refractivity (Wildman–Crippen MR) is 52.9 cm³/mol. The summed E-state index contributed by atoms with van der Waals surface area (Å²) < 4.78 is 0. The molecule has 3 unspecified atom stereocenters. The number of rotatable bonds is 5. The molecule has 0 aromatic rings. The molecule has 13 heavy (non-hydrogen) atoms. The van der Waals surface area contributed by atoms with Crippen molar-refractivity contribution in [2.24, 2.45) is 5.92 Å². The van der Waals surface area contributed by atoms with Crippen molar-refractivity contribution in [3.05, 3.63) is 0 Å². The van der Waals surface area contributed by atoms with Gasteiger partial charge in [-0.1, -0.05) is 6.92 Å². The summed E-state index contributed by atoms with van der Waals surface area (Å²) in [6, 6.07) is 0. The molecule has 2 N–H and O–H groups in total. The highest BCUT2D eigenvalue weighted by atomic mass is 32.2. The van der Waals surface area contributed by atoms with Crippen molar-refractivity contribution in [2.45, 2.75) is 43.3 Å². The highest BCUT2D eigenvalue weighted by Gasteiger charge is 2.38. The highest BCUT2D eigenvalue weighted by Crippen LogP contribution is 2.40. The van der Waals surface area contributed by atoms with Crippen LogP contribution < -0.4 is 0 Å². The van der Waals surface area contributed by atoms with Crippen molar-refractivity contribution in [3.63, 3.8) is 0 Å². The second kappa shape index (κ2) is 4.33. The van der Waals surface area contributed by atoms with Gasteiger partial charge in [-0.05, 0) is 25.7 Å². The van der Waals surface area contributed by atoms with Crippen LogP contribution in [0, 0.1) is 5.92 Å². The first-order valence-electron chi connectivity index (χ1n) is 4.58. The first kappa shape index (κ1) is 10.9. The van der Waals surface area contributed by atoms with E-state index in [1.807, 2.05) is 6.92 Å². The van der Waals surface area contributed by atoms with Crippen LogP contribution >= 0.6 is 11.8 Å². The Balaban J connectivity index is 2.42. The number of hydrogen-bond acceptors (Lipinski definition) is 3. The topological polar surface area (TPSA) is 57.5 Å². The molecule has 0 aromatic heterocycles. The lowest BCUT2D eigenvalue weighted by molar-refractivity contribution is -0.136. The third-order valence-corrected chi connectivity index (χ3v) is 4.04. The first-order valence-corrected chi connectivity index (χ1v) is 5.53. The second-order valence-corrected chi connectivity index (χ2v) is 5.20. The van der Waals surface area contributed by atoms with Crippen LogP contribution in [0.15, 0.2) is 0 Å². The molecule has 0 heterocycles. The maximum atomic E-state index is 10.8. The summed E-state index contributed by atoms with van der Waals surface area (Å²) in [6.07, 6.45) is 1.61. The Hall–Kier alpha value is -0.220. The molecule has 0 amide bonds. The zero-order valence-corrected chi connectivity index (χ0v) is 8.75. The van der Waals surface area contributed by atoms with Gasteiger partial charge in [0.15, 0.2) is 0 Å². The van der Waals surface area contributed by atoms with Crippen LogP contribution in [0.2, 0.25) is 0 Å². The largest absolute Gasteiger partial charge is 0.480 e. The third-order valence-electron chi connectivity index (χ3n) is 2.33. The van der Waals surface area contributed by atoms with Gasteiger partial charge in [0.25, 0.3) is 0 Å². The molecule has 1 rings (SSSR count). The molecule has 3 nitrogen and oxygen atoms in total. The monoisotopic (exact) mass is 204 g/mol. The number of aliphatic hydroxyl groups excluding tert-OH is 1. The Bertz CT molecular complexity index is 189. The van der Waals surface area contributed by atoms with Gasteiger partial charge >= 0.3 is 5.97 Å². The van der Waals surface area contributed by atoms with Crippen LogP contribution in [-0.4, -0.2) is 32.8 Å². The van der Waals surface area contributed by atoms with Crippen LogP contribution in [0.25, 0.3) is 0 Å². The van der Waals surface area contributed by atoms with E-state index in [1.54, 1.807) is 6.92 Å². The van der Waals surface area contributed by atoms with Crippen molar-refractivity contribution in [3.8, 4) is 0 Å². The molecule has 3 atom stereocenters. The highest BCUT2D eigenvalue weighted by molar-refractivity contribution is 8.01. The molecule has 1 fully saturated rings. The Kier molecular flexibility index (Phi) is 3.62. The lowest BCUT2D eigenvalue weighted by Gasteiger charge is -2.18. The van der Waals surface area contributed by atoms with Crippen molar-refractivity contribution >= 4 is 17.7 Å². The van der Waals surface area contributed by atoms with Gasteiger partial charge in [-0.15, -0.1) is 11.8 Å². The Morgan fingerprint density at radius 1 is 1.46 bits per heavy atom. The van der Waals surface area contributed by atoms with Gasteiger partial charge in [0.05, 0.1) is 6.10 Å². The van der Waals surface area contributed by atoms with Gasteiger partial charge in [0.2, 0.25) is 0 Å². The number of carboxylic acids is 1. The van der Waals surface area contributed by atoms with Gasteiger partial charge in [0, 0.05) is 5.25 Å². The van der Waals surface area contributed by atoms with Crippen LogP contribution in [0.4, 0.5) is 0 Å². The number of hydrogen-bond donors (Lipinski definition) is 2. The summed E-state index contributed by atoms with van der Waals surface area (Å²) in [5.74, 6) is -0.399. The van der Waals surface area contributed by atoms with E-state index < -0.39 is 12.1 Å². The van der Waals surface area contributed by atoms with Crippen molar-refractivity contribution in [1.82, 2.24) is 0 Å². The summed E-state index contributed by atoms with van der Waals surface area (Å²) in [5, 5.41) is 17.8. The van der Waals surface area contributed by atoms with Crippen molar-refractivity contribution in [2.75, 3.05) is 0 Å². The Morgan fingerprint density at radius 3 is 2.31 bits per heavy atom. The molecule has 0 radical (unpaired) electrons. The van der Waals surface area contributed by atoms with Crippen LogP contribution in [0.5, 0.6) is 0 Å². The second-order valence-electron chi connectivity index (χ2n) is 3.68. The molecule has 1 saturated carbocycles. The van der Waals surface area contributed by atoms with E-state index in [4.69, 9.17) is 5.11 Å². The summed E-state index contributed by atoms with van der Waals surface area (Å²) in [6.45, 7) is 3.57. The minimum atomic E-state index is -0.736. The van der Waals surface area contributed by atoms with Gasteiger partial charge in [0.1, 0.15) is 5.25 Å². The Morgan fingerprint density at radius 2 is 2.00 bits per heavy atom. The van der Waals surface area contributed by atoms with E-state index in [0.29, 0.717) is 5.92 Å². The Labute approximate surface area is 82.5 Å². The van der Waals surface area contributed by atoms with Crippen molar-refractivity contribution < 1.29 is 15.0 Å². The lowest BCUT2D eigenvalue weighted by atomic mass is 10.3. The molecule has 0 spiro atoms. The maximum Gasteiger partial charge on any atom is 0.316 e. The maximum absolute atomic E-state index is 10.8. The normalized spacial score (nSPS) is 23.6. The molecule has 4 heteroatoms. The molecule has 0 bridgehead atoms. The molecule has 1 aliphatic carbocycles. The molecule has 0 aromatic carbocycles. The molecule has 76 valence electrons. The van der Waals surface area contributed by atoms with E-state index >= 15 is 0 Å². The average molecular weight is 204 g/mol. The van der Waals surface area contributed by atoms with Crippen LogP contribution in [-0.2, 0) is 4.79 Å². The summed E-state index contributed by atoms with van der Waals surface area (Å²) in [7, 11) is 0. The van der Waals surface area contributed by atoms with Crippen LogP contribution in [0.1, 0.15) is 26.7 Å². The molecular formula is C9H16O3S. The summed E-state index contributed by atoms with van der Waals surface area (Å²) in [4.78, 5) is 10.8. The zero-order valence-electron chi connectivity index (χ0n) is 7.93. The lowest BCUT2D eigenvalue weighted by Crippen LogP contribution is -2.25. The average Bonchev–Trinajstić information content (AvgIpc) is 2.81. The number of aliphatic carboxylic acids is 1. The zero-order chi connectivity index (χ0) is 10.0. The minimum absolute atomic E-state index is 0.00157. The fourth-order valence-corrected chi connectivity index (χ4v) is 2.42. The molecule has 0 saturated heterocycles. The SMILES string of the molecule is CC(O)C(C)SC(C(=O)O)C1CC1. The smallest absolute Gasteiger partial charge is 0.316 e.